The first-order valence-electron chi connectivity index (χ1n) is 14.5. The molecule has 0 aliphatic carbocycles. The van der Waals surface area contributed by atoms with Crippen LogP contribution in [-0.4, -0.2) is 102 Å². The lowest BCUT2D eigenvalue weighted by Gasteiger charge is -2.38. The van der Waals surface area contributed by atoms with Crippen LogP contribution >= 0.6 is 0 Å². The summed E-state index contributed by atoms with van der Waals surface area (Å²) in [6.07, 6.45) is 2.97. The second-order valence-corrected chi connectivity index (χ2v) is 11.2. The van der Waals surface area contributed by atoms with Crippen molar-refractivity contribution in [3.05, 3.63) is 54.1 Å². The fraction of sp³-hybridized carbons (Fsp3) is 0.448. The second kappa shape index (κ2) is 13.3. The van der Waals surface area contributed by atoms with Crippen molar-refractivity contribution in [3.63, 3.8) is 0 Å². The smallest absolute Gasteiger partial charge is 0.414 e. The molecule has 4 amide bonds. The Hall–Kier alpha value is -5.02. The van der Waals surface area contributed by atoms with Crippen molar-refractivity contribution in [2.24, 2.45) is 5.92 Å². The van der Waals surface area contributed by atoms with Crippen LogP contribution in [0.25, 0.3) is 5.78 Å². The minimum Gasteiger partial charge on any atom is -0.453 e. The molecular weight excluding hydrogens is 594 g/mol. The first-order chi connectivity index (χ1) is 21.5. The van der Waals surface area contributed by atoms with Gasteiger partial charge in [-0.3, -0.25) is 18.9 Å². The average Bonchev–Trinajstić information content (AvgIpc) is 3.62. The number of nitrogens with one attached hydrogen (secondary N) is 2. The number of carbonyl (C=O) groups is 4. The molecule has 2 aromatic heterocycles. The van der Waals surface area contributed by atoms with Crippen LogP contribution in [0.1, 0.15) is 30.8 Å². The first kappa shape index (κ1) is 31.4. The lowest BCUT2D eigenvalue weighted by atomic mass is 10.0. The van der Waals surface area contributed by atoms with E-state index < -0.39 is 41.9 Å². The van der Waals surface area contributed by atoms with Crippen molar-refractivity contribution in [1.82, 2.24) is 29.9 Å². The topological polar surface area (TPSA) is 151 Å². The summed E-state index contributed by atoms with van der Waals surface area (Å²) in [5.41, 5.74) is -0.165. The van der Waals surface area contributed by atoms with Crippen molar-refractivity contribution in [1.29, 1.82) is 0 Å². The zero-order chi connectivity index (χ0) is 32.2. The van der Waals surface area contributed by atoms with Crippen LogP contribution in [0.5, 0.6) is 0 Å². The Kier molecular flexibility index (Phi) is 9.29. The number of imidazole rings is 1. The summed E-state index contributed by atoms with van der Waals surface area (Å²) in [6, 6.07) is 2.99. The van der Waals surface area contributed by atoms with E-state index >= 15 is 8.78 Å². The molecule has 5 rings (SSSR count). The molecule has 0 bridgehead atoms. The molecule has 2 N–H and O–H groups in total. The number of amides is 4. The molecule has 2 unspecified atom stereocenters. The van der Waals surface area contributed by atoms with Crippen LogP contribution in [0.3, 0.4) is 0 Å². The van der Waals surface area contributed by atoms with Gasteiger partial charge in [0, 0.05) is 56.9 Å². The van der Waals surface area contributed by atoms with Gasteiger partial charge in [0.1, 0.15) is 23.5 Å². The number of ether oxygens (including phenoxy) is 2. The molecule has 4 heterocycles. The fourth-order valence-corrected chi connectivity index (χ4v) is 5.35. The third kappa shape index (κ3) is 7.05. The molecule has 1 aromatic carbocycles. The van der Waals surface area contributed by atoms with E-state index in [0.717, 1.165) is 17.0 Å². The molecule has 0 spiro atoms. The van der Waals surface area contributed by atoms with Crippen LogP contribution in [-0.2, 0) is 14.3 Å². The highest BCUT2D eigenvalue weighted by molar-refractivity contribution is 5.96. The summed E-state index contributed by atoms with van der Waals surface area (Å²) in [7, 11) is 1.19. The summed E-state index contributed by atoms with van der Waals surface area (Å²) in [6.45, 7) is 4.47. The fourth-order valence-electron chi connectivity index (χ4n) is 5.35. The molecule has 14 nitrogen and oxygen atoms in total. The van der Waals surface area contributed by atoms with Gasteiger partial charge in [-0.15, -0.1) is 0 Å². The summed E-state index contributed by atoms with van der Waals surface area (Å²) in [5, 5.41) is 5.22. The Balaban J connectivity index is 1.21. The number of halogens is 2. The van der Waals surface area contributed by atoms with Gasteiger partial charge in [-0.25, -0.2) is 28.3 Å². The maximum Gasteiger partial charge on any atom is 0.414 e. The molecule has 16 heteroatoms. The molecule has 3 aromatic rings. The van der Waals surface area contributed by atoms with Gasteiger partial charge >= 0.3 is 12.2 Å². The maximum absolute atomic E-state index is 15.3. The number of carbonyl (C=O) groups excluding carboxylic acids is 4. The number of cyclic esters (lactones) is 1. The third-order valence-electron chi connectivity index (χ3n) is 7.53. The highest BCUT2D eigenvalue weighted by atomic mass is 19.1. The number of piperazine rings is 1. The van der Waals surface area contributed by atoms with E-state index in [1.54, 1.807) is 27.8 Å². The number of fused-ring (bicyclic) bond motifs is 1. The van der Waals surface area contributed by atoms with Crippen LogP contribution in [0.4, 0.5) is 29.7 Å². The van der Waals surface area contributed by atoms with Crippen molar-refractivity contribution in [3.8, 4) is 0 Å². The normalized spacial score (nSPS) is 17.4. The number of anilines is 2. The van der Waals surface area contributed by atoms with E-state index in [9.17, 15) is 19.2 Å². The molecule has 0 radical (unpaired) electrons. The van der Waals surface area contributed by atoms with Gasteiger partial charge in [-0.1, -0.05) is 13.8 Å². The number of nitrogens with zero attached hydrogens (tertiary/aromatic N) is 6. The van der Waals surface area contributed by atoms with Crippen molar-refractivity contribution in [2.45, 2.75) is 32.4 Å². The minimum atomic E-state index is -0.874. The number of hydrogen-bond acceptors (Lipinski definition) is 9. The first-order valence-corrected chi connectivity index (χ1v) is 14.5. The second-order valence-electron chi connectivity index (χ2n) is 11.2. The van der Waals surface area contributed by atoms with Crippen molar-refractivity contribution in [2.75, 3.05) is 56.2 Å². The summed E-state index contributed by atoms with van der Waals surface area (Å²) in [4.78, 5) is 62.7. The van der Waals surface area contributed by atoms with E-state index in [2.05, 4.69) is 25.3 Å². The van der Waals surface area contributed by atoms with E-state index in [1.807, 2.05) is 13.8 Å². The summed E-state index contributed by atoms with van der Waals surface area (Å²) in [5.74, 6) is -2.09. The largest absolute Gasteiger partial charge is 0.453 e. The van der Waals surface area contributed by atoms with Gasteiger partial charge in [0.05, 0.1) is 25.9 Å². The highest BCUT2D eigenvalue weighted by Gasteiger charge is 2.35. The zero-order valence-corrected chi connectivity index (χ0v) is 25.0. The standard InChI is InChI=1S/C29H34F2N8O6/c1-17(2)11-22(34-25(40)23-16-38-6-4-5-32-27(38)35-23)26(41)37-9-7-36(8-10-37)24-20(30)12-18(13-21(24)31)39-15-19(45-29(39)43)14-33-28(42)44-3/h4-6,12-13,16-17,19,22H,7-11,14-15H2,1-3H3,(H,33,42)(H,34,40). The van der Waals surface area contributed by atoms with E-state index in [4.69, 9.17) is 4.74 Å². The number of aromatic nitrogens is 3. The monoisotopic (exact) mass is 628 g/mol. The van der Waals surface area contributed by atoms with Crippen LogP contribution in [0.2, 0.25) is 0 Å². The van der Waals surface area contributed by atoms with Gasteiger partial charge in [0.15, 0.2) is 11.6 Å². The third-order valence-corrected chi connectivity index (χ3v) is 7.53. The van der Waals surface area contributed by atoms with Gasteiger partial charge < -0.3 is 29.9 Å². The quantitative estimate of drug-likeness (QED) is 0.364. The lowest BCUT2D eigenvalue weighted by Crippen LogP contribution is -2.55. The molecular formula is C29H34F2N8O6. The Labute approximate surface area is 257 Å². The van der Waals surface area contributed by atoms with Crippen molar-refractivity contribution >= 4 is 41.2 Å². The van der Waals surface area contributed by atoms with Crippen LogP contribution < -0.4 is 20.4 Å². The Morgan fingerprint density at radius 2 is 1.84 bits per heavy atom. The zero-order valence-electron chi connectivity index (χ0n) is 25.0. The molecule has 240 valence electrons. The summed E-state index contributed by atoms with van der Waals surface area (Å²) < 4.78 is 41.9. The van der Waals surface area contributed by atoms with E-state index in [1.165, 1.54) is 18.2 Å². The number of methoxy groups -OCH3 is 1. The van der Waals surface area contributed by atoms with Gasteiger partial charge in [-0.2, -0.15) is 0 Å². The maximum atomic E-state index is 15.3. The Bertz CT molecular complexity index is 1540. The highest BCUT2D eigenvalue weighted by Crippen LogP contribution is 2.31. The number of alkyl carbamates (subject to hydrolysis) is 1. The Morgan fingerprint density at radius 1 is 1.13 bits per heavy atom. The molecule has 2 atom stereocenters. The van der Waals surface area contributed by atoms with E-state index in [-0.39, 0.29) is 68.2 Å². The number of hydrogen-bond donors (Lipinski definition) is 2. The van der Waals surface area contributed by atoms with Gasteiger partial charge in [-0.05, 0) is 18.4 Å². The van der Waals surface area contributed by atoms with Crippen molar-refractivity contribution < 1.29 is 37.4 Å². The van der Waals surface area contributed by atoms with Gasteiger partial charge in [0.25, 0.3) is 5.91 Å². The SMILES string of the molecule is COC(=O)NCC1CN(c2cc(F)c(N3CCN(C(=O)C(CC(C)C)NC(=O)c4cn5cccnc5n4)CC3)c(F)c2)C(=O)O1. The minimum absolute atomic E-state index is 0.0238. The predicted octanol–water partition coefficient (Wildman–Crippen LogP) is 2.18. The predicted molar refractivity (Wildman–Crippen MR) is 157 cm³/mol. The molecule has 2 saturated heterocycles. The Morgan fingerprint density at radius 3 is 2.49 bits per heavy atom. The molecule has 45 heavy (non-hydrogen) atoms. The number of rotatable bonds is 9. The van der Waals surface area contributed by atoms with E-state index in [0.29, 0.717) is 12.2 Å². The summed E-state index contributed by atoms with van der Waals surface area (Å²) >= 11 is 0. The molecule has 2 aliphatic rings. The number of benzene rings is 1. The van der Waals surface area contributed by atoms with Crippen LogP contribution in [0.15, 0.2) is 36.8 Å². The molecule has 2 aliphatic heterocycles. The molecule has 0 saturated carbocycles. The lowest BCUT2D eigenvalue weighted by molar-refractivity contribution is -0.134. The van der Waals surface area contributed by atoms with Gasteiger partial charge in [0.2, 0.25) is 11.7 Å². The molecule has 2 fully saturated rings. The average molecular weight is 629 g/mol. The van der Waals surface area contributed by atoms with Crippen LogP contribution in [0, 0.1) is 17.6 Å².